The Morgan fingerprint density at radius 3 is 2.32 bits per heavy atom. The number of methoxy groups -OCH3 is 1. The lowest BCUT2D eigenvalue weighted by Gasteiger charge is -2.26. The van der Waals surface area contributed by atoms with Crippen molar-refractivity contribution in [2.75, 3.05) is 26.8 Å². The highest BCUT2D eigenvalue weighted by atomic mass is 16.5. The third-order valence-electron chi connectivity index (χ3n) is 8.12. The molecule has 1 saturated heterocycles. The number of likely N-dealkylation sites (tertiary alicyclic amines) is 1. The van der Waals surface area contributed by atoms with Crippen LogP contribution in [0.4, 0.5) is 0 Å². The Labute approximate surface area is 255 Å². The first kappa shape index (κ1) is 30.3. The normalized spacial score (nSPS) is 15.8. The molecule has 0 radical (unpaired) electrons. The molecule has 0 saturated carbocycles. The number of fused-ring (bicyclic) bond motifs is 3. The van der Waals surface area contributed by atoms with E-state index in [0.29, 0.717) is 25.1 Å². The van der Waals surface area contributed by atoms with Gasteiger partial charge in [0.05, 0.1) is 18.7 Å². The highest BCUT2D eigenvalue weighted by Crippen LogP contribution is 2.44. The lowest BCUT2D eigenvalue weighted by atomic mass is 9.98. The van der Waals surface area contributed by atoms with Crippen molar-refractivity contribution < 1.29 is 28.7 Å². The van der Waals surface area contributed by atoms with E-state index in [1.807, 2.05) is 48.5 Å². The summed E-state index contributed by atoms with van der Waals surface area (Å²) in [6, 6.07) is 23.2. The molecule has 1 aliphatic heterocycles. The van der Waals surface area contributed by atoms with Crippen LogP contribution >= 0.6 is 0 Å². The van der Waals surface area contributed by atoms with Crippen molar-refractivity contribution in [3.63, 3.8) is 0 Å². The van der Waals surface area contributed by atoms with Gasteiger partial charge >= 0.3 is 11.9 Å². The zero-order valence-electron chi connectivity index (χ0n) is 24.5. The molecule has 2 N–H and O–H groups in total. The molecule has 44 heavy (non-hydrogen) atoms. The Hall–Kier alpha value is -5.17. The second-order valence-electron chi connectivity index (χ2n) is 10.8. The van der Waals surface area contributed by atoms with E-state index in [9.17, 15) is 24.4 Å². The van der Waals surface area contributed by atoms with Crippen molar-refractivity contribution in [3.05, 3.63) is 89.5 Å². The standard InChI is InChI=1S/C34H34N4O6/c1-43-30-17-7-6-15-27(30)31(39)37-29(33(41)38-19-9-10-22(38)20-35)16-8-18-36-32(40)34(42)44-21-28-25-13-4-2-11-23(25)24-12-3-5-14-26(24)28/h2-7,11-15,17,22,28-29H,8-10,16,18-19,21H2,1H3,(H,36,40)(H,37,39)/t22-,29-/m0/s1. The maximum absolute atomic E-state index is 13.4. The third-order valence-corrected chi connectivity index (χ3v) is 8.12. The molecular weight excluding hydrogens is 560 g/mol. The van der Waals surface area contributed by atoms with E-state index in [0.717, 1.165) is 22.3 Å². The molecule has 3 aromatic rings. The summed E-state index contributed by atoms with van der Waals surface area (Å²) in [5.41, 5.74) is 4.54. The van der Waals surface area contributed by atoms with Crippen LogP contribution in [0.25, 0.3) is 11.1 Å². The summed E-state index contributed by atoms with van der Waals surface area (Å²) in [7, 11) is 1.45. The van der Waals surface area contributed by atoms with Crippen LogP contribution in [0.2, 0.25) is 0 Å². The Bertz CT molecular complexity index is 1550. The summed E-state index contributed by atoms with van der Waals surface area (Å²) in [5.74, 6) is -2.52. The molecule has 1 aliphatic carbocycles. The van der Waals surface area contributed by atoms with Gasteiger partial charge in [-0.25, -0.2) is 4.79 Å². The molecule has 0 spiro atoms. The zero-order chi connectivity index (χ0) is 31.1. The second kappa shape index (κ2) is 13.9. The Kier molecular flexibility index (Phi) is 9.55. The summed E-state index contributed by atoms with van der Waals surface area (Å²) in [4.78, 5) is 53.2. The first-order chi connectivity index (χ1) is 21.4. The fourth-order valence-electron chi connectivity index (χ4n) is 5.93. The van der Waals surface area contributed by atoms with Gasteiger partial charge in [0.15, 0.2) is 0 Å². The summed E-state index contributed by atoms with van der Waals surface area (Å²) in [6.07, 6.45) is 1.74. The van der Waals surface area contributed by atoms with Crippen molar-refractivity contribution in [1.29, 1.82) is 5.26 Å². The lowest BCUT2D eigenvalue weighted by molar-refractivity contribution is -0.155. The Morgan fingerprint density at radius 2 is 1.64 bits per heavy atom. The molecule has 0 unspecified atom stereocenters. The molecule has 0 aromatic heterocycles. The number of benzene rings is 3. The van der Waals surface area contributed by atoms with Crippen LogP contribution in [-0.2, 0) is 19.1 Å². The minimum absolute atomic E-state index is 0.0295. The van der Waals surface area contributed by atoms with E-state index in [1.54, 1.807) is 24.3 Å². The van der Waals surface area contributed by atoms with Gasteiger partial charge in [-0.15, -0.1) is 0 Å². The van der Waals surface area contributed by atoms with Gasteiger partial charge in [-0.05, 0) is 60.1 Å². The second-order valence-corrected chi connectivity index (χ2v) is 10.8. The summed E-state index contributed by atoms with van der Waals surface area (Å²) in [6.45, 7) is 0.539. The average molecular weight is 595 g/mol. The number of carbonyl (C=O) groups is 4. The maximum atomic E-state index is 13.4. The van der Waals surface area contributed by atoms with E-state index in [1.165, 1.54) is 12.0 Å². The number of nitrogens with zero attached hydrogens (tertiary/aromatic N) is 2. The van der Waals surface area contributed by atoms with Gasteiger partial charge in [0, 0.05) is 19.0 Å². The Balaban J connectivity index is 1.16. The third kappa shape index (κ3) is 6.42. The van der Waals surface area contributed by atoms with Crippen LogP contribution in [0.3, 0.4) is 0 Å². The Morgan fingerprint density at radius 1 is 0.977 bits per heavy atom. The summed E-state index contributed by atoms with van der Waals surface area (Å²) < 4.78 is 10.7. The van der Waals surface area contributed by atoms with Crippen LogP contribution in [0, 0.1) is 11.3 Å². The highest BCUT2D eigenvalue weighted by Gasteiger charge is 2.34. The molecule has 2 aliphatic rings. The smallest absolute Gasteiger partial charge is 0.396 e. The quantitative estimate of drug-likeness (QED) is 0.208. The van der Waals surface area contributed by atoms with Gasteiger partial charge < -0.3 is 25.0 Å². The summed E-state index contributed by atoms with van der Waals surface area (Å²) in [5, 5.41) is 14.8. The van der Waals surface area contributed by atoms with Gasteiger partial charge in [-0.1, -0.05) is 60.7 Å². The largest absolute Gasteiger partial charge is 0.496 e. The van der Waals surface area contributed by atoms with Gasteiger partial charge in [-0.2, -0.15) is 5.26 Å². The zero-order valence-corrected chi connectivity index (χ0v) is 24.5. The van der Waals surface area contributed by atoms with Gasteiger partial charge in [-0.3, -0.25) is 14.4 Å². The van der Waals surface area contributed by atoms with E-state index in [2.05, 4.69) is 16.7 Å². The topological polar surface area (TPSA) is 138 Å². The number of ether oxygens (including phenoxy) is 2. The minimum atomic E-state index is -0.988. The van der Waals surface area contributed by atoms with Crippen LogP contribution in [-0.4, -0.2) is 67.5 Å². The van der Waals surface area contributed by atoms with Crippen LogP contribution < -0.4 is 15.4 Å². The van der Waals surface area contributed by atoms with Gasteiger partial charge in [0.2, 0.25) is 5.91 Å². The predicted molar refractivity (Wildman–Crippen MR) is 162 cm³/mol. The molecule has 10 nitrogen and oxygen atoms in total. The number of amides is 3. The number of hydrogen-bond acceptors (Lipinski definition) is 7. The number of esters is 1. The van der Waals surface area contributed by atoms with Crippen molar-refractivity contribution in [2.24, 2.45) is 0 Å². The number of rotatable bonds is 10. The molecule has 3 amide bonds. The van der Waals surface area contributed by atoms with Crippen molar-refractivity contribution in [3.8, 4) is 22.9 Å². The number of nitrogens with one attached hydrogen (secondary N) is 2. The fraction of sp³-hybridized carbons (Fsp3) is 0.324. The number of para-hydroxylation sites is 1. The number of nitriles is 1. The van der Waals surface area contributed by atoms with E-state index in [4.69, 9.17) is 9.47 Å². The molecule has 2 atom stereocenters. The molecule has 5 rings (SSSR count). The average Bonchev–Trinajstić information content (AvgIpc) is 3.67. The number of carbonyl (C=O) groups excluding carboxylic acids is 4. The maximum Gasteiger partial charge on any atom is 0.396 e. The molecule has 1 fully saturated rings. The predicted octanol–water partition coefficient (Wildman–Crippen LogP) is 3.56. The SMILES string of the molecule is COc1ccccc1C(=O)N[C@@H](CCCNC(=O)C(=O)OCC1c2ccccc2-c2ccccc21)C(=O)N1CCC[C@H]1C#N. The molecular formula is C34H34N4O6. The van der Waals surface area contributed by atoms with Crippen LogP contribution in [0.15, 0.2) is 72.8 Å². The van der Waals surface area contributed by atoms with Crippen molar-refractivity contribution >= 4 is 23.7 Å². The molecule has 0 bridgehead atoms. The van der Waals surface area contributed by atoms with Crippen molar-refractivity contribution in [2.45, 2.75) is 43.7 Å². The van der Waals surface area contributed by atoms with Crippen molar-refractivity contribution in [1.82, 2.24) is 15.5 Å². The highest BCUT2D eigenvalue weighted by molar-refractivity contribution is 6.32. The monoisotopic (exact) mass is 594 g/mol. The van der Waals surface area contributed by atoms with E-state index < -0.39 is 29.9 Å². The van der Waals surface area contributed by atoms with Crippen LogP contribution in [0.5, 0.6) is 5.75 Å². The van der Waals surface area contributed by atoms with Gasteiger partial charge in [0.25, 0.3) is 5.91 Å². The number of hydrogen-bond donors (Lipinski definition) is 2. The molecule has 10 heteroatoms. The minimum Gasteiger partial charge on any atom is -0.496 e. The molecule has 226 valence electrons. The molecule has 3 aromatic carbocycles. The molecule has 1 heterocycles. The first-order valence-corrected chi connectivity index (χ1v) is 14.7. The summed E-state index contributed by atoms with van der Waals surface area (Å²) >= 11 is 0. The lowest BCUT2D eigenvalue weighted by Crippen LogP contribution is -2.50. The van der Waals surface area contributed by atoms with E-state index >= 15 is 0 Å². The fourth-order valence-corrected chi connectivity index (χ4v) is 5.93. The van der Waals surface area contributed by atoms with E-state index in [-0.39, 0.29) is 43.4 Å². The van der Waals surface area contributed by atoms with Crippen LogP contribution in [0.1, 0.15) is 53.1 Å². The van der Waals surface area contributed by atoms with Gasteiger partial charge in [0.1, 0.15) is 24.4 Å². The first-order valence-electron chi connectivity index (χ1n) is 14.7.